The number of halogens is 1. The van der Waals surface area contributed by atoms with Gasteiger partial charge in [-0.05, 0) is 49.1 Å². The smallest absolute Gasteiger partial charge is 0.219 e. The lowest BCUT2D eigenvalue weighted by molar-refractivity contribution is 0.258. The van der Waals surface area contributed by atoms with E-state index in [0.29, 0.717) is 22.5 Å². The highest BCUT2D eigenvalue weighted by Crippen LogP contribution is 2.23. The van der Waals surface area contributed by atoms with Gasteiger partial charge in [-0.25, -0.2) is 4.98 Å². The van der Waals surface area contributed by atoms with Crippen LogP contribution >= 0.6 is 11.6 Å². The molecule has 5 nitrogen and oxygen atoms in total. The van der Waals surface area contributed by atoms with E-state index in [1.807, 2.05) is 6.07 Å². The molecule has 0 unspecified atom stereocenters. The van der Waals surface area contributed by atoms with E-state index < -0.39 is 0 Å². The Labute approximate surface area is 146 Å². The molecule has 0 atom stereocenters. The average Bonchev–Trinajstić information content (AvgIpc) is 2.61. The molecule has 1 fully saturated rings. The summed E-state index contributed by atoms with van der Waals surface area (Å²) in [5.74, 6) is 2.42. The Hall–Kier alpha value is -2.27. The number of pyridine rings is 1. The third-order valence-corrected chi connectivity index (χ3v) is 4.46. The van der Waals surface area contributed by atoms with Gasteiger partial charge in [-0.1, -0.05) is 23.7 Å². The minimum Gasteiger partial charge on any atom is -0.439 e. The minimum absolute atomic E-state index is 0.477. The van der Waals surface area contributed by atoms with Crippen molar-refractivity contribution in [3.63, 3.8) is 0 Å². The standard InChI is InChI=1S/C18H20ClN3O2/c1-13-8-10-22(11-9-13)18(21-23)14-2-7-17(20-12-14)24-16-5-3-15(19)4-6-16/h2-7,12-13,23H,8-11H2,1H3/b21-18-. The molecule has 0 spiro atoms. The molecule has 0 amide bonds. The molecular formula is C18H20ClN3O2. The molecule has 24 heavy (non-hydrogen) atoms. The zero-order valence-corrected chi connectivity index (χ0v) is 14.3. The second-order valence-electron chi connectivity index (χ2n) is 6.03. The molecule has 0 radical (unpaired) electrons. The molecule has 1 aliphatic rings. The summed E-state index contributed by atoms with van der Waals surface area (Å²) in [5.41, 5.74) is 0.774. The van der Waals surface area contributed by atoms with Crippen molar-refractivity contribution in [2.24, 2.45) is 11.1 Å². The van der Waals surface area contributed by atoms with E-state index in [-0.39, 0.29) is 0 Å². The molecule has 1 aromatic carbocycles. The van der Waals surface area contributed by atoms with Crippen LogP contribution in [-0.4, -0.2) is 34.0 Å². The first-order chi connectivity index (χ1) is 11.7. The molecule has 0 bridgehead atoms. The largest absolute Gasteiger partial charge is 0.439 e. The molecule has 6 heteroatoms. The number of oxime groups is 1. The number of hydrogen-bond donors (Lipinski definition) is 1. The molecule has 0 saturated carbocycles. The van der Waals surface area contributed by atoms with Gasteiger partial charge in [0.2, 0.25) is 5.88 Å². The van der Waals surface area contributed by atoms with Crippen molar-refractivity contribution in [3.8, 4) is 11.6 Å². The van der Waals surface area contributed by atoms with Crippen molar-refractivity contribution in [1.82, 2.24) is 9.88 Å². The summed E-state index contributed by atoms with van der Waals surface area (Å²) in [4.78, 5) is 6.40. The van der Waals surface area contributed by atoms with E-state index in [1.165, 1.54) is 0 Å². The zero-order valence-electron chi connectivity index (χ0n) is 13.5. The summed E-state index contributed by atoms with van der Waals surface area (Å²) in [5, 5.41) is 13.5. The third kappa shape index (κ3) is 3.97. The van der Waals surface area contributed by atoms with Crippen molar-refractivity contribution in [3.05, 3.63) is 53.2 Å². The number of likely N-dealkylation sites (tertiary alicyclic amines) is 1. The topological polar surface area (TPSA) is 58.0 Å². The maximum absolute atomic E-state index is 9.40. The Balaban J connectivity index is 1.69. The highest BCUT2D eigenvalue weighted by molar-refractivity contribution is 6.30. The van der Waals surface area contributed by atoms with Crippen LogP contribution in [0, 0.1) is 5.92 Å². The Kier molecular flexibility index (Phi) is 5.20. The normalized spacial score (nSPS) is 16.2. The number of rotatable bonds is 3. The van der Waals surface area contributed by atoms with Crippen LogP contribution < -0.4 is 4.74 Å². The fraction of sp³-hybridized carbons (Fsp3) is 0.333. The monoisotopic (exact) mass is 345 g/mol. The van der Waals surface area contributed by atoms with Crippen LogP contribution in [0.15, 0.2) is 47.8 Å². The van der Waals surface area contributed by atoms with Crippen LogP contribution in [0.4, 0.5) is 0 Å². The van der Waals surface area contributed by atoms with Gasteiger partial charge in [0, 0.05) is 35.9 Å². The summed E-state index contributed by atoms with van der Waals surface area (Å²) in [6.45, 7) is 4.03. The summed E-state index contributed by atoms with van der Waals surface area (Å²) < 4.78 is 5.68. The van der Waals surface area contributed by atoms with Gasteiger partial charge in [0.15, 0.2) is 5.84 Å². The van der Waals surface area contributed by atoms with Crippen molar-refractivity contribution in [1.29, 1.82) is 0 Å². The molecule has 2 heterocycles. The molecular weight excluding hydrogens is 326 g/mol. The highest BCUT2D eigenvalue weighted by atomic mass is 35.5. The number of amidine groups is 1. The molecule has 2 aromatic rings. The quantitative estimate of drug-likeness (QED) is 0.388. The first-order valence-electron chi connectivity index (χ1n) is 8.02. The zero-order chi connectivity index (χ0) is 16.9. The van der Waals surface area contributed by atoms with Crippen LogP contribution in [0.2, 0.25) is 5.02 Å². The maximum atomic E-state index is 9.40. The lowest BCUT2D eigenvalue weighted by Crippen LogP contribution is -2.38. The van der Waals surface area contributed by atoms with E-state index in [2.05, 4.69) is 22.0 Å². The number of piperidine rings is 1. The van der Waals surface area contributed by atoms with Crippen LogP contribution in [0.1, 0.15) is 25.3 Å². The van der Waals surface area contributed by atoms with Gasteiger partial charge in [-0.2, -0.15) is 0 Å². The van der Waals surface area contributed by atoms with Crippen molar-refractivity contribution < 1.29 is 9.94 Å². The van der Waals surface area contributed by atoms with Gasteiger partial charge in [-0.15, -0.1) is 0 Å². The Morgan fingerprint density at radius 2 is 1.92 bits per heavy atom. The summed E-state index contributed by atoms with van der Waals surface area (Å²) in [6.07, 6.45) is 3.87. The Bertz CT molecular complexity index is 693. The van der Waals surface area contributed by atoms with Crippen LogP contribution in [0.5, 0.6) is 11.6 Å². The van der Waals surface area contributed by atoms with Crippen LogP contribution in [-0.2, 0) is 0 Å². The Morgan fingerprint density at radius 3 is 2.50 bits per heavy atom. The van der Waals surface area contributed by atoms with E-state index in [1.54, 1.807) is 36.5 Å². The van der Waals surface area contributed by atoms with E-state index >= 15 is 0 Å². The van der Waals surface area contributed by atoms with E-state index in [4.69, 9.17) is 16.3 Å². The number of nitrogens with zero attached hydrogens (tertiary/aromatic N) is 3. The molecule has 126 valence electrons. The first kappa shape index (κ1) is 16.6. The molecule has 3 rings (SSSR count). The van der Waals surface area contributed by atoms with Crippen molar-refractivity contribution in [2.75, 3.05) is 13.1 Å². The maximum Gasteiger partial charge on any atom is 0.219 e. The van der Waals surface area contributed by atoms with E-state index in [9.17, 15) is 5.21 Å². The molecule has 1 aromatic heterocycles. The third-order valence-electron chi connectivity index (χ3n) is 4.21. The molecule has 1 aliphatic heterocycles. The highest BCUT2D eigenvalue weighted by Gasteiger charge is 2.20. The number of hydrogen-bond acceptors (Lipinski definition) is 4. The molecule has 0 aliphatic carbocycles. The van der Waals surface area contributed by atoms with E-state index in [0.717, 1.165) is 37.4 Å². The van der Waals surface area contributed by atoms with Gasteiger partial charge in [0.25, 0.3) is 0 Å². The van der Waals surface area contributed by atoms with Gasteiger partial charge in [-0.3, -0.25) is 0 Å². The SMILES string of the molecule is CC1CCN(/C(=N\O)c2ccc(Oc3ccc(Cl)cc3)nc2)CC1. The minimum atomic E-state index is 0.477. The van der Waals surface area contributed by atoms with Crippen molar-refractivity contribution in [2.45, 2.75) is 19.8 Å². The fourth-order valence-electron chi connectivity index (χ4n) is 2.72. The second kappa shape index (κ2) is 7.53. The predicted molar refractivity (Wildman–Crippen MR) is 94.1 cm³/mol. The molecule has 1 saturated heterocycles. The number of benzene rings is 1. The van der Waals surface area contributed by atoms with Gasteiger partial charge < -0.3 is 14.8 Å². The van der Waals surface area contributed by atoms with Gasteiger partial charge in [0.05, 0.1) is 0 Å². The summed E-state index contributed by atoms with van der Waals surface area (Å²) in [7, 11) is 0. The van der Waals surface area contributed by atoms with Crippen LogP contribution in [0.3, 0.4) is 0 Å². The van der Waals surface area contributed by atoms with Crippen molar-refractivity contribution >= 4 is 17.4 Å². The summed E-state index contributed by atoms with van der Waals surface area (Å²) >= 11 is 5.86. The van der Waals surface area contributed by atoms with Gasteiger partial charge >= 0.3 is 0 Å². The predicted octanol–water partition coefficient (Wildman–Crippen LogP) is 4.40. The number of ether oxygens (including phenoxy) is 1. The summed E-state index contributed by atoms with van der Waals surface area (Å²) in [6, 6.07) is 10.7. The van der Waals surface area contributed by atoms with Crippen LogP contribution in [0.25, 0.3) is 0 Å². The Morgan fingerprint density at radius 1 is 1.21 bits per heavy atom. The molecule has 1 N–H and O–H groups in total. The lowest BCUT2D eigenvalue weighted by atomic mass is 9.98. The second-order valence-corrected chi connectivity index (χ2v) is 6.47. The lowest BCUT2D eigenvalue weighted by Gasteiger charge is -2.32. The first-order valence-corrected chi connectivity index (χ1v) is 8.40. The average molecular weight is 346 g/mol. The number of aromatic nitrogens is 1. The fourth-order valence-corrected chi connectivity index (χ4v) is 2.85. The van der Waals surface area contributed by atoms with Gasteiger partial charge in [0.1, 0.15) is 5.75 Å².